The number of nitriles is 1. The van der Waals surface area contributed by atoms with E-state index in [1.54, 1.807) is 6.07 Å². The largest absolute Gasteiger partial charge is 0.469 e. The fourth-order valence-electron chi connectivity index (χ4n) is 0.585. The topological polar surface area (TPSA) is 84.2 Å². The number of esters is 1. The highest BCUT2D eigenvalue weighted by molar-refractivity contribution is 7.92. The molecule has 0 bridgehead atoms. The van der Waals surface area contributed by atoms with Gasteiger partial charge in [-0.2, -0.15) is 5.26 Å². The fraction of sp³-hybridized carbons (Fsp3) is 0.714. The van der Waals surface area contributed by atoms with Crippen molar-refractivity contribution in [3.05, 3.63) is 0 Å². The van der Waals surface area contributed by atoms with Crippen LogP contribution < -0.4 is 0 Å². The number of carbonyl (C=O) groups excluding carboxylic acids is 1. The predicted molar refractivity (Wildman–Crippen MR) is 45.5 cm³/mol. The minimum absolute atomic E-state index is 0.204. The van der Waals surface area contributed by atoms with Crippen LogP contribution in [0.5, 0.6) is 0 Å². The zero-order chi connectivity index (χ0) is 10.5. The van der Waals surface area contributed by atoms with E-state index in [2.05, 4.69) is 4.74 Å². The summed E-state index contributed by atoms with van der Waals surface area (Å²) in [6.45, 7) is 1.28. The minimum Gasteiger partial charge on any atom is -0.469 e. The van der Waals surface area contributed by atoms with Gasteiger partial charge in [-0.1, -0.05) is 0 Å². The van der Waals surface area contributed by atoms with Gasteiger partial charge in [0.15, 0.2) is 9.84 Å². The number of rotatable bonds is 4. The first kappa shape index (κ1) is 11.9. The number of hydrogen-bond acceptors (Lipinski definition) is 5. The smallest absolute Gasteiger partial charge is 0.306 e. The maximum absolute atomic E-state index is 11.2. The summed E-state index contributed by atoms with van der Waals surface area (Å²) in [5, 5.41) is 7.28. The minimum atomic E-state index is -3.48. The van der Waals surface area contributed by atoms with Crippen LogP contribution in [0.4, 0.5) is 0 Å². The molecule has 0 aromatic carbocycles. The highest BCUT2D eigenvalue weighted by Crippen LogP contribution is 2.02. The molecule has 1 atom stereocenters. The molecule has 0 amide bonds. The van der Waals surface area contributed by atoms with Gasteiger partial charge in [0.1, 0.15) is 5.25 Å². The summed E-state index contributed by atoms with van der Waals surface area (Å²) in [6.07, 6.45) is -0.204. The molecule has 0 aliphatic rings. The van der Waals surface area contributed by atoms with Crippen LogP contribution in [0.25, 0.3) is 0 Å². The Kier molecular flexibility index (Phi) is 4.42. The Morgan fingerprint density at radius 3 is 2.54 bits per heavy atom. The number of carbonyl (C=O) groups is 1. The summed E-state index contributed by atoms with van der Waals surface area (Å²) in [4.78, 5) is 10.6. The molecule has 5 nitrogen and oxygen atoms in total. The quantitative estimate of drug-likeness (QED) is 0.597. The van der Waals surface area contributed by atoms with Crippen LogP contribution >= 0.6 is 0 Å². The maximum atomic E-state index is 11.2. The van der Waals surface area contributed by atoms with Gasteiger partial charge in [-0.15, -0.1) is 0 Å². The number of sulfone groups is 1. The van der Waals surface area contributed by atoms with Crippen molar-refractivity contribution < 1.29 is 17.9 Å². The van der Waals surface area contributed by atoms with E-state index < -0.39 is 21.1 Å². The standard InChI is InChI=1S/C7H11NO4S/c1-6(5-8)13(10,11)4-3-7(9)12-2/h6H,3-4H2,1-2H3. The highest BCUT2D eigenvalue weighted by Gasteiger charge is 2.21. The SMILES string of the molecule is COC(=O)CCS(=O)(=O)C(C)C#N. The van der Waals surface area contributed by atoms with Crippen molar-refractivity contribution in [1.82, 2.24) is 0 Å². The number of hydrogen-bond donors (Lipinski definition) is 0. The van der Waals surface area contributed by atoms with Crippen LogP contribution in [0.3, 0.4) is 0 Å². The average molecular weight is 205 g/mol. The molecule has 74 valence electrons. The summed E-state index contributed by atoms with van der Waals surface area (Å²) < 4.78 is 26.6. The van der Waals surface area contributed by atoms with Crippen LogP contribution in [0.15, 0.2) is 0 Å². The summed E-state index contributed by atoms with van der Waals surface area (Å²) in [7, 11) is -2.29. The van der Waals surface area contributed by atoms with E-state index >= 15 is 0 Å². The normalized spacial score (nSPS) is 13.0. The first-order valence-corrected chi connectivity index (χ1v) is 5.33. The summed E-state index contributed by atoms with van der Waals surface area (Å²) in [5.41, 5.74) is 0. The van der Waals surface area contributed by atoms with Gasteiger partial charge in [0.25, 0.3) is 0 Å². The van der Waals surface area contributed by atoms with E-state index in [1.807, 2.05) is 0 Å². The lowest BCUT2D eigenvalue weighted by molar-refractivity contribution is -0.140. The van der Waals surface area contributed by atoms with E-state index in [-0.39, 0.29) is 12.2 Å². The van der Waals surface area contributed by atoms with Gasteiger partial charge >= 0.3 is 5.97 Å². The molecule has 0 N–H and O–H groups in total. The summed E-state index contributed by atoms with van der Waals surface area (Å²) >= 11 is 0. The van der Waals surface area contributed by atoms with E-state index in [4.69, 9.17) is 5.26 Å². The van der Waals surface area contributed by atoms with Crippen molar-refractivity contribution in [2.24, 2.45) is 0 Å². The van der Waals surface area contributed by atoms with E-state index in [1.165, 1.54) is 14.0 Å². The number of nitrogens with zero attached hydrogens (tertiary/aromatic N) is 1. The zero-order valence-corrected chi connectivity index (χ0v) is 8.30. The van der Waals surface area contributed by atoms with Gasteiger partial charge in [-0.3, -0.25) is 4.79 Å². The van der Waals surface area contributed by atoms with Gasteiger partial charge in [0.2, 0.25) is 0 Å². The second-order valence-electron chi connectivity index (χ2n) is 2.46. The molecule has 0 heterocycles. The molecule has 0 rings (SSSR count). The molecule has 0 saturated heterocycles. The lowest BCUT2D eigenvalue weighted by Crippen LogP contribution is -2.21. The molecule has 0 aliphatic carbocycles. The van der Waals surface area contributed by atoms with Gasteiger partial charge in [-0.05, 0) is 6.92 Å². The van der Waals surface area contributed by atoms with E-state index in [0.717, 1.165) is 0 Å². The average Bonchev–Trinajstić information content (AvgIpc) is 2.12. The molecule has 0 aliphatic heterocycles. The molecule has 0 aromatic rings. The first-order valence-electron chi connectivity index (χ1n) is 3.62. The van der Waals surface area contributed by atoms with E-state index in [9.17, 15) is 13.2 Å². The lowest BCUT2D eigenvalue weighted by atomic mass is 10.5. The van der Waals surface area contributed by atoms with Gasteiger partial charge in [0, 0.05) is 0 Å². The van der Waals surface area contributed by atoms with Crippen LogP contribution in [0, 0.1) is 11.3 Å². The Hall–Kier alpha value is -1.09. The molecule has 0 fully saturated rings. The summed E-state index contributed by atoms with van der Waals surface area (Å²) in [6, 6.07) is 1.61. The van der Waals surface area contributed by atoms with Crippen LogP contribution in [0.2, 0.25) is 0 Å². The third-order valence-electron chi connectivity index (χ3n) is 1.54. The fourth-order valence-corrected chi connectivity index (χ4v) is 1.55. The van der Waals surface area contributed by atoms with Crippen LogP contribution in [0.1, 0.15) is 13.3 Å². The monoisotopic (exact) mass is 205 g/mol. The van der Waals surface area contributed by atoms with Crippen molar-refractivity contribution in [2.75, 3.05) is 12.9 Å². The van der Waals surface area contributed by atoms with Gasteiger partial charge in [0.05, 0.1) is 25.4 Å². The van der Waals surface area contributed by atoms with E-state index in [0.29, 0.717) is 0 Å². The second-order valence-corrected chi connectivity index (χ2v) is 4.91. The third kappa shape index (κ3) is 3.90. The summed E-state index contributed by atoms with van der Waals surface area (Å²) in [5.74, 6) is -0.928. The van der Waals surface area contributed by atoms with Crippen molar-refractivity contribution in [2.45, 2.75) is 18.6 Å². The van der Waals surface area contributed by atoms with Gasteiger partial charge < -0.3 is 4.74 Å². The molecule has 0 radical (unpaired) electrons. The molecule has 1 unspecified atom stereocenters. The molecule has 0 saturated carbocycles. The Morgan fingerprint density at radius 2 is 2.15 bits per heavy atom. The van der Waals surface area contributed by atoms with Crippen molar-refractivity contribution in [1.29, 1.82) is 5.26 Å². The van der Waals surface area contributed by atoms with Crippen LogP contribution in [-0.4, -0.2) is 32.5 Å². The molecular weight excluding hydrogens is 194 g/mol. The zero-order valence-electron chi connectivity index (χ0n) is 7.48. The Labute approximate surface area is 77.2 Å². The maximum Gasteiger partial charge on any atom is 0.306 e. The van der Waals surface area contributed by atoms with Crippen molar-refractivity contribution in [3.63, 3.8) is 0 Å². The molecule has 6 heteroatoms. The lowest BCUT2D eigenvalue weighted by Gasteiger charge is -2.03. The highest BCUT2D eigenvalue weighted by atomic mass is 32.2. The molecular formula is C7H11NO4S. The van der Waals surface area contributed by atoms with Crippen molar-refractivity contribution in [3.8, 4) is 6.07 Å². The third-order valence-corrected chi connectivity index (χ3v) is 3.49. The number of methoxy groups -OCH3 is 1. The Bertz CT molecular complexity index is 314. The molecule has 0 spiro atoms. The second kappa shape index (κ2) is 4.82. The Balaban J connectivity index is 4.23. The number of ether oxygens (including phenoxy) is 1. The van der Waals surface area contributed by atoms with Crippen LogP contribution in [-0.2, 0) is 19.4 Å². The van der Waals surface area contributed by atoms with Crippen molar-refractivity contribution >= 4 is 15.8 Å². The molecule has 13 heavy (non-hydrogen) atoms. The first-order chi connectivity index (χ1) is 5.94. The Morgan fingerprint density at radius 1 is 1.62 bits per heavy atom. The predicted octanol–water partition coefficient (Wildman–Crippen LogP) is -0.124. The molecule has 0 aromatic heterocycles. The van der Waals surface area contributed by atoms with Gasteiger partial charge in [-0.25, -0.2) is 8.42 Å².